The van der Waals surface area contributed by atoms with Crippen LogP contribution in [0.15, 0.2) is 58.3 Å². The first kappa shape index (κ1) is 11.3. The Kier molecular flexibility index (Phi) is 2.56. The molecule has 1 nitrogen and oxygen atoms in total. The predicted octanol–water partition coefficient (Wildman–Crippen LogP) is 4.43. The minimum Gasteiger partial charge on any atom is -0.289 e. The molecule has 0 bridgehead atoms. The lowest BCUT2D eigenvalue weighted by molar-refractivity contribution is 0.103. The third-order valence-electron chi connectivity index (χ3n) is 3.09. The fourth-order valence-electron chi connectivity index (χ4n) is 2.24. The van der Waals surface area contributed by atoms with E-state index < -0.39 is 7.20 Å². The molecule has 0 spiro atoms. The van der Waals surface area contributed by atoms with Gasteiger partial charge in [0, 0.05) is 20.9 Å². The van der Waals surface area contributed by atoms with Gasteiger partial charge in [-0.3, -0.25) is 4.79 Å². The molecular weight excluding hydrogens is 343 g/mol. The van der Waals surface area contributed by atoms with Gasteiger partial charge in [-0.05, 0) is 51.7 Å². The number of carbonyl (C=O) groups is 1. The van der Waals surface area contributed by atoms with Crippen LogP contribution in [0.3, 0.4) is 0 Å². The quantitative estimate of drug-likeness (QED) is 0.640. The summed E-state index contributed by atoms with van der Waals surface area (Å²) in [5.41, 5.74) is 1.75. The van der Waals surface area contributed by atoms with Crippen LogP contribution in [0.2, 0.25) is 0 Å². The minimum atomic E-state index is -1.09. The number of benzene rings is 2. The zero-order valence-corrected chi connectivity index (χ0v) is 12.3. The average molecular weight is 354 g/mol. The molecule has 2 aromatic rings. The third kappa shape index (κ3) is 1.56. The molecule has 0 radical (unpaired) electrons. The molecule has 86 valence electrons. The topological polar surface area (TPSA) is 17.1 Å². The van der Waals surface area contributed by atoms with E-state index in [4.69, 9.17) is 0 Å². The Morgan fingerprint density at radius 3 is 1.76 bits per heavy atom. The maximum absolute atomic E-state index is 12.4. The highest BCUT2D eigenvalue weighted by atomic mass is 127. The SMILES string of the molecule is CS1(I)c2ccccc2C(=O)c2ccccc21. The van der Waals surface area contributed by atoms with Crippen molar-refractivity contribution in [1.82, 2.24) is 0 Å². The van der Waals surface area contributed by atoms with Crippen LogP contribution in [0.25, 0.3) is 0 Å². The van der Waals surface area contributed by atoms with Crippen molar-refractivity contribution in [3.63, 3.8) is 0 Å². The number of rotatable bonds is 0. The van der Waals surface area contributed by atoms with E-state index in [-0.39, 0.29) is 5.78 Å². The van der Waals surface area contributed by atoms with Crippen molar-refractivity contribution in [2.24, 2.45) is 0 Å². The normalized spacial score (nSPS) is 18.1. The van der Waals surface area contributed by atoms with Crippen molar-refractivity contribution in [3.8, 4) is 0 Å². The Morgan fingerprint density at radius 1 is 0.882 bits per heavy atom. The largest absolute Gasteiger partial charge is 0.289 e. The molecule has 0 unspecified atom stereocenters. The second-order valence-electron chi connectivity index (χ2n) is 4.14. The van der Waals surface area contributed by atoms with E-state index in [2.05, 4.69) is 39.6 Å². The van der Waals surface area contributed by atoms with E-state index >= 15 is 0 Å². The predicted molar refractivity (Wildman–Crippen MR) is 80.4 cm³/mol. The van der Waals surface area contributed by atoms with Crippen molar-refractivity contribution < 1.29 is 4.79 Å². The highest BCUT2D eigenvalue weighted by Crippen LogP contribution is 2.70. The zero-order chi connectivity index (χ0) is 12.0. The summed E-state index contributed by atoms with van der Waals surface area (Å²) in [5, 5.41) is 0. The number of hydrogen-bond acceptors (Lipinski definition) is 1. The van der Waals surface area contributed by atoms with Gasteiger partial charge in [0.2, 0.25) is 0 Å². The molecule has 17 heavy (non-hydrogen) atoms. The molecule has 0 saturated heterocycles. The second-order valence-corrected chi connectivity index (χ2v) is 11.9. The lowest BCUT2D eigenvalue weighted by Crippen LogP contribution is -2.14. The molecule has 0 saturated carbocycles. The van der Waals surface area contributed by atoms with E-state index in [0.717, 1.165) is 11.1 Å². The zero-order valence-electron chi connectivity index (χ0n) is 9.31. The molecule has 0 N–H and O–H groups in total. The second kappa shape index (κ2) is 3.85. The first-order chi connectivity index (χ1) is 8.12. The molecule has 3 heteroatoms. The summed E-state index contributed by atoms with van der Waals surface area (Å²) >= 11 is 2.52. The minimum absolute atomic E-state index is 0.165. The van der Waals surface area contributed by atoms with E-state index in [9.17, 15) is 4.79 Å². The van der Waals surface area contributed by atoms with Gasteiger partial charge in [-0.15, -0.1) is 7.20 Å². The van der Waals surface area contributed by atoms with Crippen LogP contribution in [-0.2, 0) is 0 Å². The Labute approximate surface area is 114 Å². The first-order valence-corrected chi connectivity index (χ1v) is 9.91. The summed E-state index contributed by atoms with van der Waals surface area (Å²) in [6, 6.07) is 16.0. The van der Waals surface area contributed by atoms with Crippen molar-refractivity contribution in [1.29, 1.82) is 0 Å². The molecule has 2 aromatic carbocycles. The Balaban J connectivity index is 2.38. The molecule has 0 fully saturated rings. The van der Waals surface area contributed by atoms with Gasteiger partial charge < -0.3 is 0 Å². The highest BCUT2D eigenvalue weighted by Gasteiger charge is 2.34. The summed E-state index contributed by atoms with van der Waals surface area (Å²) in [7, 11) is -1.09. The Bertz CT molecular complexity index is 568. The highest BCUT2D eigenvalue weighted by molar-refractivity contribution is 14.2. The van der Waals surface area contributed by atoms with Crippen molar-refractivity contribution in [3.05, 3.63) is 59.7 Å². The monoisotopic (exact) mass is 354 g/mol. The van der Waals surface area contributed by atoms with Crippen LogP contribution in [0.1, 0.15) is 15.9 Å². The number of carbonyl (C=O) groups excluding carboxylic acids is 1. The van der Waals surface area contributed by atoms with Crippen LogP contribution in [-0.4, -0.2) is 12.0 Å². The molecule has 1 aliphatic rings. The molecule has 0 aromatic heterocycles. The number of fused-ring (bicyclic) bond motifs is 2. The van der Waals surface area contributed by atoms with Gasteiger partial charge in [0.1, 0.15) is 0 Å². The summed E-state index contributed by atoms with van der Waals surface area (Å²) in [6.07, 6.45) is 2.25. The van der Waals surface area contributed by atoms with Gasteiger partial charge in [0.15, 0.2) is 5.78 Å². The maximum atomic E-state index is 12.4. The van der Waals surface area contributed by atoms with E-state index in [0.29, 0.717) is 0 Å². The van der Waals surface area contributed by atoms with Gasteiger partial charge in [0.25, 0.3) is 0 Å². The first-order valence-electron chi connectivity index (χ1n) is 5.33. The molecule has 0 atom stereocenters. The van der Waals surface area contributed by atoms with E-state index in [1.807, 2.05) is 36.4 Å². The fraction of sp³-hybridized carbons (Fsp3) is 0.0714. The Hall–Kier alpha value is -0.810. The molecule has 0 amide bonds. The molecule has 1 heterocycles. The van der Waals surface area contributed by atoms with Crippen LogP contribution < -0.4 is 0 Å². The smallest absolute Gasteiger partial charge is 0.195 e. The van der Waals surface area contributed by atoms with Crippen LogP contribution in [0.5, 0.6) is 0 Å². The summed E-state index contributed by atoms with van der Waals surface area (Å²) < 4.78 is 0. The van der Waals surface area contributed by atoms with Crippen molar-refractivity contribution >= 4 is 34.2 Å². The lowest BCUT2D eigenvalue weighted by atomic mass is 10.0. The fourth-order valence-corrected chi connectivity index (χ4v) is 6.60. The van der Waals surface area contributed by atoms with Crippen LogP contribution in [0.4, 0.5) is 0 Å². The standard InChI is InChI=1S/C14H11IOS/c1-17(15)12-8-4-2-6-10(12)14(16)11-7-3-5-9-13(11)17/h2-9H,1H3. The van der Waals surface area contributed by atoms with Gasteiger partial charge >= 0.3 is 0 Å². The summed E-state index contributed by atoms with van der Waals surface area (Å²) in [4.78, 5) is 14.8. The van der Waals surface area contributed by atoms with Gasteiger partial charge in [0.05, 0.1) is 0 Å². The van der Waals surface area contributed by atoms with E-state index in [1.165, 1.54) is 9.79 Å². The number of hydrogen-bond donors (Lipinski definition) is 0. The van der Waals surface area contributed by atoms with Crippen LogP contribution in [0, 0.1) is 0 Å². The molecule has 0 aliphatic carbocycles. The van der Waals surface area contributed by atoms with E-state index in [1.54, 1.807) is 0 Å². The number of ketones is 1. The molecular formula is C14H11IOS. The van der Waals surface area contributed by atoms with Crippen LogP contribution >= 0.6 is 28.4 Å². The van der Waals surface area contributed by atoms with Gasteiger partial charge in [-0.1, -0.05) is 24.3 Å². The van der Waals surface area contributed by atoms with Crippen molar-refractivity contribution in [2.75, 3.05) is 6.26 Å². The third-order valence-corrected chi connectivity index (χ3v) is 8.30. The lowest BCUT2D eigenvalue weighted by Gasteiger charge is -2.36. The summed E-state index contributed by atoms with van der Waals surface area (Å²) in [5.74, 6) is 0.165. The average Bonchev–Trinajstić information content (AvgIpc) is 2.37. The van der Waals surface area contributed by atoms with Gasteiger partial charge in [-0.2, -0.15) is 0 Å². The van der Waals surface area contributed by atoms with Crippen molar-refractivity contribution in [2.45, 2.75) is 9.79 Å². The molecule has 3 rings (SSSR count). The Morgan fingerprint density at radius 2 is 1.29 bits per heavy atom. The summed E-state index contributed by atoms with van der Waals surface area (Å²) in [6.45, 7) is 0. The number of halogens is 1. The maximum Gasteiger partial charge on any atom is 0.195 e. The molecule has 1 aliphatic heterocycles. The van der Waals surface area contributed by atoms with Gasteiger partial charge in [-0.25, -0.2) is 0 Å².